The minimum absolute atomic E-state index is 0.200. The Hall–Kier alpha value is -2.01. The second kappa shape index (κ2) is 4.70. The van der Waals surface area contributed by atoms with Gasteiger partial charge in [0.2, 0.25) is 5.76 Å². The predicted molar refractivity (Wildman–Crippen MR) is 65.2 cm³/mol. The molecule has 0 amide bonds. The lowest BCUT2D eigenvalue weighted by atomic mass is 10.1. The topological polar surface area (TPSA) is 72.6 Å². The number of carboxylic acids is 1. The highest BCUT2D eigenvalue weighted by atomic mass is 35.5. The molecule has 0 saturated carbocycles. The summed E-state index contributed by atoms with van der Waals surface area (Å²) in [5, 5.41) is 9.40. The zero-order valence-corrected chi connectivity index (χ0v) is 10.5. The smallest absolute Gasteiger partial charge is 0.374 e. The molecule has 0 atom stereocenters. The van der Waals surface area contributed by atoms with E-state index in [-0.39, 0.29) is 17.3 Å². The summed E-state index contributed by atoms with van der Waals surface area (Å²) in [7, 11) is 1.50. The van der Waals surface area contributed by atoms with Crippen LogP contribution < -0.4 is 4.74 Å². The van der Waals surface area contributed by atoms with Gasteiger partial charge in [-0.05, 0) is 18.2 Å². The van der Waals surface area contributed by atoms with Crippen molar-refractivity contribution in [3.8, 4) is 17.0 Å². The quantitative estimate of drug-likeness (QED) is 0.925. The van der Waals surface area contributed by atoms with Crippen LogP contribution in [0.3, 0.4) is 0 Å². The molecule has 1 aromatic carbocycles. The molecular weight excluding hydrogens is 258 g/mol. The van der Waals surface area contributed by atoms with E-state index < -0.39 is 5.97 Å². The van der Waals surface area contributed by atoms with Gasteiger partial charge in [-0.15, -0.1) is 0 Å². The summed E-state index contributed by atoms with van der Waals surface area (Å²) in [4.78, 5) is 15.1. The summed E-state index contributed by atoms with van der Waals surface area (Å²) >= 11 is 5.99. The van der Waals surface area contributed by atoms with E-state index in [1.165, 1.54) is 7.11 Å². The number of ether oxygens (including phenoxy) is 1. The summed E-state index contributed by atoms with van der Waals surface area (Å²) in [6.07, 6.45) is 0. The number of carboxylic acid groups (broad SMARTS) is 1. The number of hydrogen-bond donors (Lipinski definition) is 1. The van der Waals surface area contributed by atoms with Crippen LogP contribution >= 0.6 is 11.6 Å². The van der Waals surface area contributed by atoms with E-state index in [0.717, 1.165) is 0 Å². The Bertz CT molecular complexity index is 606. The molecule has 1 aromatic heterocycles. The molecule has 6 heteroatoms. The molecule has 1 heterocycles. The van der Waals surface area contributed by atoms with Crippen molar-refractivity contribution in [3.05, 3.63) is 34.9 Å². The monoisotopic (exact) mass is 267 g/mol. The van der Waals surface area contributed by atoms with Gasteiger partial charge in [-0.2, -0.15) is 0 Å². The van der Waals surface area contributed by atoms with Crippen molar-refractivity contribution in [1.82, 2.24) is 4.98 Å². The summed E-state index contributed by atoms with van der Waals surface area (Å²) in [6, 6.07) is 4.91. The number of aromatic nitrogens is 1. The van der Waals surface area contributed by atoms with Crippen molar-refractivity contribution < 1.29 is 19.1 Å². The van der Waals surface area contributed by atoms with Crippen LogP contribution in [0.1, 0.15) is 16.4 Å². The van der Waals surface area contributed by atoms with Crippen molar-refractivity contribution in [2.45, 2.75) is 6.92 Å². The Kier molecular flexibility index (Phi) is 3.25. The van der Waals surface area contributed by atoms with Crippen molar-refractivity contribution in [2.75, 3.05) is 7.11 Å². The van der Waals surface area contributed by atoms with E-state index in [1.54, 1.807) is 25.1 Å². The second-order valence-corrected chi connectivity index (χ2v) is 3.97. The van der Waals surface area contributed by atoms with Gasteiger partial charge in [0.05, 0.1) is 12.1 Å². The molecule has 0 saturated heterocycles. The van der Waals surface area contributed by atoms with Crippen LogP contribution in [0.5, 0.6) is 5.75 Å². The van der Waals surface area contributed by atoms with Crippen molar-refractivity contribution in [2.24, 2.45) is 0 Å². The van der Waals surface area contributed by atoms with Gasteiger partial charge in [0, 0.05) is 12.5 Å². The number of hydrogen-bond acceptors (Lipinski definition) is 4. The number of halogens is 1. The van der Waals surface area contributed by atoms with E-state index in [1.807, 2.05) is 0 Å². The van der Waals surface area contributed by atoms with Gasteiger partial charge in [-0.25, -0.2) is 9.78 Å². The summed E-state index contributed by atoms with van der Waals surface area (Å²) in [5.41, 5.74) is 0.819. The first-order valence-electron chi connectivity index (χ1n) is 5.07. The lowest BCUT2D eigenvalue weighted by molar-refractivity contribution is 0.0662. The van der Waals surface area contributed by atoms with Gasteiger partial charge in [-0.1, -0.05) is 11.6 Å². The first-order valence-corrected chi connectivity index (χ1v) is 5.45. The molecule has 94 valence electrons. The highest BCUT2D eigenvalue weighted by molar-refractivity contribution is 6.32. The Morgan fingerprint density at radius 2 is 2.22 bits per heavy atom. The zero-order chi connectivity index (χ0) is 13.3. The normalized spacial score (nSPS) is 10.4. The SMILES string of the molecule is COc1ccc(-c2nc(C)oc2C(=O)O)cc1Cl. The van der Waals surface area contributed by atoms with Crippen molar-refractivity contribution >= 4 is 17.6 Å². The Labute approximate surface area is 108 Å². The summed E-state index contributed by atoms with van der Waals surface area (Å²) < 4.78 is 10.1. The maximum atomic E-state index is 11.0. The number of aryl methyl sites for hydroxylation is 1. The van der Waals surface area contributed by atoms with Crippen molar-refractivity contribution in [1.29, 1.82) is 0 Å². The maximum Gasteiger partial charge on any atom is 0.374 e. The molecule has 0 aliphatic heterocycles. The first-order chi connectivity index (χ1) is 8.52. The minimum atomic E-state index is -1.17. The Balaban J connectivity index is 2.55. The van der Waals surface area contributed by atoms with Crippen LogP contribution in [0.15, 0.2) is 22.6 Å². The average Bonchev–Trinajstić information content (AvgIpc) is 2.71. The number of aromatic carboxylic acids is 1. The van der Waals surface area contributed by atoms with E-state index in [0.29, 0.717) is 16.3 Å². The third kappa shape index (κ3) is 2.17. The van der Waals surface area contributed by atoms with Crippen LogP contribution in [0.25, 0.3) is 11.3 Å². The van der Waals surface area contributed by atoms with E-state index >= 15 is 0 Å². The Morgan fingerprint density at radius 1 is 1.50 bits per heavy atom. The molecular formula is C12H10ClNO4. The number of methoxy groups -OCH3 is 1. The second-order valence-electron chi connectivity index (χ2n) is 3.57. The molecule has 2 aromatic rings. The fraction of sp³-hybridized carbons (Fsp3) is 0.167. The van der Waals surface area contributed by atoms with Gasteiger partial charge < -0.3 is 14.3 Å². The molecule has 0 fully saturated rings. The third-order valence-electron chi connectivity index (χ3n) is 2.35. The lowest BCUT2D eigenvalue weighted by Crippen LogP contribution is -1.96. The minimum Gasteiger partial charge on any atom is -0.495 e. The van der Waals surface area contributed by atoms with Gasteiger partial charge >= 0.3 is 5.97 Å². The lowest BCUT2D eigenvalue weighted by Gasteiger charge is -2.04. The average molecular weight is 268 g/mol. The standard InChI is InChI=1S/C12H10ClNO4/c1-6-14-10(11(18-6)12(15)16)7-3-4-9(17-2)8(13)5-7/h3-5H,1-2H3,(H,15,16). The van der Waals surface area contributed by atoms with Crippen LogP contribution in [-0.2, 0) is 0 Å². The van der Waals surface area contributed by atoms with Gasteiger partial charge in [-0.3, -0.25) is 0 Å². The van der Waals surface area contributed by atoms with Gasteiger partial charge in [0.25, 0.3) is 0 Å². The van der Waals surface area contributed by atoms with Crippen LogP contribution in [0, 0.1) is 6.92 Å². The number of oxazole rings is 1. The maximum absolute atomic E-state index is 11.0. The van der Waals surface area contributed by atoms with Gasteiger partial charge in [0.15, 0.2) is 5.89 Å². The fourth-order valence-corrected chi connectivity index (χ4v) is 1.84. The molecule has 0 radical (unpaired) electrons. The molecule has 5 nitrogen and oxygen atoms in total. The number of benzene rings is 1. The fourth-order valence-electron chi connectivity index (χ4n) is 1.58. The molecule has 0 aliphatic carbocycles. The molecule has 0 spiro atoms. The van der Waals surface area contributed by atoms with Crippen LogP contribution in [0.2, 0.25) is 5.02 Å². The molecule has 18 heavy (non-hydrogen) atoms. The first kappa shape index (κ1) is 12.4. The van der Waals surface area contributed by atoms with E-state index in [9.17, 15) is 4.79 Å². The highest BCUT2D eigenvalue weighted by Crippen LogP contribution is 2.31. The number of rotatable bonds is 3. The van der Waals surface area contributed by atoms with Crippen LogP contribution in [0.4, 0.5) is 0 Å². The molecule has 2 rings (SSSR count). The predicted octanol–water partition coefficient (Wildman–Crippen LogP) is 3.01. The van der Waals surface area contributed by atoms with E-state index in [4.69, 9.17) is 25.9 Å². The third-order valence-corrected chi connectivity index (χ3v) is 2.65. The molecule has 0 bridgehead atoms. The molecule has 1 N–H and O–H groups in total. The highest BCUT2D eigenvalue weighted by Gasteiger charge is 2.20. The van der Waals surface area contributed by atoms with Crippen molar-refractivity contribution in [3.63, 3.8) is 0 Å². The summed E-state index contributed by atoms with van der Waals surface area (Å²) in [6.45, 7) is 1.58. The largest absolute Gasteiger partial charge is 0.495 e. The molecule has 0 aliphatic rings. The summed E-state index contributed by atoms with van der Waals surface area (Å²) in [5.74, 6) is -0.571. The zero-order valence-electron chi connectivity index (χ0n) is 9.73. The van der Waals surface area contributed by atoms with Crippen LogP contribution in [-0.4, -0.2) is 23.2 Å². The Morgan fingerprint density at radius 3 is 2.78 bits per heavy atom. The van der Waals surface area contributed by atoms with Gasteiger partial charge in [0.1, 0.15) is 11.4 Å². The number of carbonyl (C=O) groups is 1. The molecule has 0 unspecified atom stereocenters. The number of nitrogens with zero attached hydrogens (tertiary/aromatic N) is 1. The van der Waals surface area contributed by atoms with E-state index in [2.05, 4.69) is 4.98 Å².